The largest absolute Gasteiger partial charge is 0.460 e. The second kappa shape index (κ2) is 6.95. The van der Waals surface area contributed by atoms with Crippen LogP contribution in [0, 0.1) is 11.8 Å². The molecule has 0 aliphatic carbocycles. The first kappa shape index (κ1) is 19.8. The average molecular weight is 429 g/mol. The van der Waals surface area contributed by atoms with Crippen LogP contribution in [0.4, 0.5) is 18.9 Å². The maximum Gasteiger partial charge on any atom is 0.416 e. The number of esters is 1. The van der Waals surface area contributed by atoms with Gasteiger partial charge in [0.25, 0.3) is 0 Å². The Labute approximate surface area is 176 Å². The smallest absolute Gasteiger partial charge is 0.416 e. The highest BCUT2D eigenvalue weighted by Gasteiger charge is 2.67. The van der Waals surface area contributed by atoms with Gasteiger partial charge < -0.3 is 14.4 Å². The normalized spacial score (nSPS) is 28.8. The maximum atomic E-state index is 13.2. The lowest BCUT2D eigenvalue weighted by molar-refractivity contribution is -0.153. The Hall–Kier alpha value is -3.13. The van der Waals surface area contributed by atoms with E-state index in [9.17, 15) is 22.8 Å². The van der Waals surface area contributed by atoms with E-state index in [-0.39, 0.29) is 18.8 Å². The third-order valence-corrected chi connectivity index (χ3v) is 6.08. The molecule has 1 spiro atoms. The van der Waals surface area contributed by atoms with Gasteiger partial charge in [0.1, 0.15) is 18.1 Å². The van der Waals surface area contributed by atoms with E-state index in [2.05, 4.69) is 0 Å². The fourth-order valence-electron chi connectivity index (χ4n) is 4.66. The van der Waals surface area contributed by atoms with Crippen molar-refractivity contribution in [1.29, 1.82) is 0 Å². The molecule has 3 heterocycles. The molecule has 2 aromatic rings. The van der Waals surface area contributed by atoms with Crippen molar-refractivity contribution in [3.63, 3.8) is 0 Å². The number of ether oxygens (including phenoxy) is 2. The molecule has 8 heteroatoms. The van der Waals surface area contributed by atoms with Crippen LogP contribution in [0.15, 0.2) is 66.7 Å². The highest BCUT2D eigenvalue weighted by molar-refractivity contribution is 6.02. The number of halogens is 3. The molecule has 4 atom stereocenters. The van der Waals surface area contributed by atoms with E-state index in [0.717, 1.165) is 17.7 Å². The Kier molecular flexibility index (Phi) is 4.44. The molecule has 5 rings (SSSR count). The lowest BCUT2D eigenvalue weighted by atomic mass is 9.77. The van der Waals surface area contributed by atoms with Crippen molar-refractivity contribution in [2.24, 2.45) is 11.8 Å². The second-order valence-electron chi connectivity index (χ2n) is 7.97. The Balaban J connectivity index is 1.39. The van der Waals surface area contributed by atoms with Gasteiger partial charge >= 0.3 is 12.1 Å². The summed E-state index contributed by atoms with van der Waals surface area (Å²) in [5, 5.41) is 0. The lowest BCUT2D eigenvalue weighted by Crippen LogP contribution is -2.40. The predicted octanol–water partition coefficient (Wildman–Crippen LogP) is 3.74. The summed E-state index contributed by atoms with van der Waals surface area (Å²) < 4.78 is 50.8. The number of fused-ring (bicyclic) bond motifs is 1. The molecule has 0 unspecified atom stereocenters. The van der Waals surface area contributed by atoms with Gasteiger partial charge in [0.15, 0.2) is 0 Å². The van der Waals surface area contributed by atoms with Crippen LogP contribution in [-0.2, 0) is 31.8 Å². The number of hydrogen-bond donors (Lipinski definition) is 0. The van der Waals surface area contributed by atoms with Gasteiger partial charge in [0, 0.05) is 5.69 Å². The fraction of sp³-hybridized carbons (Fsp3) is 0.304. The first-order valence-corrected chi connectivity index (χ1v) is 9.85. The minimum absolute atomic E-state index is 0.0489. The zero-order chi connectivity index (χ0) is 21.8. The van der Waals surface area contributed by atoms with E-state index in [1.54, 1.807) is 12.2 Å². The van der Waals surface area contributed by atoms with Crippen LogP contribution in [0.3, 0.4) is 0 Å². The van der Waals surface area contributed by atoms with E-state index >= 15 is 0 Å². The Morgan fingerprint density at radius 3 is 2.68 bits per heavy atom. The molecule has 0 aromatic heterocycles. The van der Waals surface area contributed by atoms with E-state index in [4.69, 9.17) is 9.47 Å². The molecular formula is C23H18F3NO4. The zero-order valence-corrected chi connectivity index (χ0v) is 16.2. The summed E-state index contributed by atoms with van der Waals surface area (Å²) in [5.74, 6) is -2.66. The summed E-state index contributed by atoms with van der Waals surface area (Å²) in [7, 11) is 0. The summed E-state index contributed by atoms with van der Waals surface area (Å²) in [6, 6.07) is 13.8. The van der Waals surface area contributed by atoms with Crippen LogP contribution in [0.2, 0.25) is 0 Å². The van der Waals surface area contributed by atoms with Crippen molar-refractivity contribution < 1.29 is 32.2 Å². The standard InChI is InChI=1S/C23H18F3NO4/c24-23(25,26)15-7-4-8-16(11-15)27-13-22-10-9-17(31-22)18(19(22)20(27)28)21(29)30-12-14-5-2-1-3-6-14/h1-11,17-19H,12-13H2/t17-,18-,19+,22+/m1/s1. The van der Waals surface area contributed by atoms with Gasteiger partial charge in [-0.15, -0.1) is 0 Å². The number of carbonyl (C=O) groups is 2. The molecular weight excluding hydrogens is 411 g/mol. The number of rotatable bonds is 4. The van der Waals surface area contributed by atoms with Gasteiger partial charge in [-0.2, -0.15) is 13.2 Å². The minimum Gasteiger partial charge on any atom is -0.460 e. The van der Waals surface area contributed by atoms with E-state index in [1.165, 1.54) is 17.0 Å². The molecule has 2 fully saturated rings. The number of anilines is 1. The Morgan fingerprint density at radius 1 is 1.16 bits per heavy atom. The average Bonchev–Trinajstić information content (AvgIpc) is 3.40. The van der Waals surface area contributed by atoms with Crippen LogP contribution in [0.1, 0.15) is 11.1 Å². The van der Waals surface area contributed by atoms with Crippen molar-refractivity contribution in [1.82, 2.24) is 0 Å². The highest BCUT2D eigenvalue weighted by Crippen LogP contribution is 2.53. The predicted molar refractivity (Wildman–Crippen MR) is 104 cm³/mol. The van der Waals surface area contributed by atoms with Crippen molar-refractivity contribution >= 4 is 17.6 Å². The Morgan fingerprint density at radius 2 is 1.94 bits per heavy atom. The molecule has 31 heavy (non-hydrogen) atoms. The number of amides is 1. The monoisotopic (exact) mass is 429 g/mol. The maximum absolute atomic E-state index is 13.2. The fourth-order valence-corrected chi connectivity index (χ4v) is 4.66. The third kappa shape index (κ3) is 3.22. The van der Waals surface area contributed by atoms with E-state index < -0.39 is 47.2 Å². The molecule has 160 valence electrons. The summed E-state index contributed by atoms with van der Waals surface area (Å²) in [6.07, 6.45) is -1.63. The van der Waals surface area contributed by atoms with Gasteiger partial charge in [0.2, 0.25) is 5.91 Å². The van der Waals surface area contributed by atoms with Crippen LogP contribution >= 0.6 is 0 Å². The van der Waals surface area contributed by atoms with Crippen molar-refractivity contribution in [3.8, 4) is 0 Å². The number of carbonyl (C=O) groups excluding carboxylic acids is 2. The van der Waals surface area contributed by atoms with Crippen molar-refractivity contribution in [2.75, 3.05) is 11.4 Å². The van der Waals surface area contributed by atoms with Crippen LogP contribution in [-0.4, -0.2) is 30.1 Å². The molecule has 1 amide bonds. The topological polar surface area (TPSA) is 55.8 Å². The minimum atomic E-state index is -4.52. The van der Waals surface area contributed by atoms with E-state index in [0.29, 0.717) is 0 Å². The number of benzene rings is 2. The van der Waals surface area contributed by atoms with Crippen LogP contribution in [0.5, 0.6) is 0 Å². The first-order valence-electron chi connectivity index (χ1n) is 9.85. The number of alkyl halides is 3. The molecule has 2 aromatic carbocycles. The molecule has 0 saturated carbocycles. The zero-order valence-electron chi connectivity index (χ0n) is 16.2. The highest BCUT2D eigenvalue weighted by atomic mass is 19.4. The molecule has 3 aliphatic rings. The quantitative estimate of drug-likeness (QED) is 0.549. The lowest BCUT2D eigenvalue weighted by Gasteiger charge is -2.22. The van der Waals surface area contributed by atoms with Gasteiger partial charge in [-0.1, -0.05) is 48.6 Å². The van der Waals surface area contributed by atoms with Crippen LogP contribution < -0.4 is 4.90 Å². The molecule has 3 aliphatic heterocycles. The first-order chi connectivity index (χ1) is 14.8. The van der Waals surface area contributed by atoms with Crippen molar-refractivity contribution in [2.45, 2.75) is 24.5 Å². The van der Waals surface area contributed by atoms with Gasteiger partial charge in [-0.05, 0) is 23.8 Å². The summed E-state index contributed by atoms with van der Waals surface area (Å²) in [5.41, 5.74) is -0.937. The summed E-state index contributed by atoms with van der Waals surface area (Å²) >= 11 is 0. The van der Waals surface area contributed by atoms with Crippen LogP contribution in [0.25, 0.3) is 0 Å². The number of nitrogens with zero attached hydrogens (tertiary/aromatic N) is 1. The summed E-state index contributed by atoms with van der Waals surface area (Å²) in [4.78, 5) is 27.4. The second-order valence-corrected chi connectivity index (χ2v) is 7.97. The van der Waals surface area contributed by atoms with Gasteiger partial charge in [-0.3, -0.25) is 9.59 Å². The van der Waals surface area contributed by atoms with Crippen molar-refractivity contribution in [3.05, 3.63) is 77.9 Å². The molecule has 2 bridgehead atoms. The summed E-state index contributed by atoms with van der Waals surface area (Å²) in [6.45, 7) is 0.116. The SMILES string of the molecule is O=C(OCc1ccccc1)[C@H]1[C@H]2C(=O)N(c3cccc(C(F)(F)F)c3)C[C@@]23C=C[C@H]1O3. The number of hydrogen-bond acceptors (Lipinski definition) is 4. The molecule has 5 nitrogen and oxygen atoms in total. The van der Waals surface area contributed by atoms with E-state index in [1.807, 2.05) is 30.3 Å². The molecule has 0 radical (unpaired) electrons. The Bertz CT molecular complexity index is 1070. The molecule has 0 N–H and O–H groups in total. The van der Waals surface area contributed by atoms with Gasteiger partial charge in [-0.25, -0.2) is 0 Å². The third-order valence-electron chi connectivity index (χ3n) is 6.08. The molecule has 2 saturated heterocycles. The van der Waals surface area contributed by atoms with Gasteiger partial charge in [0.05, 0.1) is 24.1 Å².